The molecule has 0 amide bonds. The first kappa shape index (κ1) is 13.7. The summed E-state index contributed by atoms with van der Waals surface area (Å²) in [4.78, 5) is 0. The minimum atomic E-state index is -0.114. The quantitative estimate of drug-likeness (QED) is 0.897. The second-order valence-electron chi connectivity index (χ2n) is 4.81. The summed E-state index contributed by atoms with van der Waals surface area (Å²) in [6.45, 7) is 4.63. The molecule has 0 fully saturated rings. The van der Waals surface area contributed by atoms with Gasteiger partial charge >= 0.3 is 0 Å². The van der Waals surface area contributed by atoms with Crippen LogP contribution < -0.4 is 5.32 Å². The number of halogens is 1. The van der Waals surface area contributed by atoms with Gasteiger partial charge in [-0.1, -0.05) is 25.1 Å². The van der Waals surface area contributed by atoms with Crippen molar-refractivity contribution in [3.63, 3.8) is 0 Å². The maximum absolute atomic E-state index is 14.2. The molecule has 1 N–H and O–H groups in total. The highest BCUT2D eigenvalue weighted by atomic mass is 19.1. The number of hydrogen-bond acceptors (Lipinski definition) is 2. The Bertz CT molecular complexity index is 548. The molecule has 1 heterocycles. The fourth-order valence-corrected chi connectivity index (χ4v) is 2.29. The third-order valence-electron chi connectivity index (χ3n) is 3.25. The van der Waals surface area contributed by atoms with Gasteiger partial charge in [-0.05, 0) is 31.0 Å². The van der Waals surface area contributed by atoms with Gasteiger partial charge in [-0.3, -0.25) is 4.68 Å². The molecule has 0 aliphatic carbocycles. The summed E-state index contributed by atoms with van der Waals surface area (Å²) in [5.74, 6) is -0.114. The standard InChI is InChI=1S/C15H20FN3/c1-4-17-14(8-12-9-18-19(3)10-12)13-7-5-6-11(2)15(13)16/h5-7,9-10,14,17H,4,8H2,1-3H3. The van der Waals surface area contributed by atoms with Crippen molar-refractivity contribution < 1.29 is 4.39 Å². The van der Waals surface area contributed by atoms with Gasteiger partial charge in [0.05, 0.1) is 6.20 Å². The minimum absolute atomic E-state index is 0.0194. The predicted molar refractivity (Wildman–Crippen MR) is 74.5 cm³/mol. The van der Waals surface area contributed by atoms with E-state index in [9.17, 15) is 4.39 Å². The predicted octanol–water partition coefficient (Wildman–Crippen LogP) is 2.76. The molecule has 0 saturated heterocycles. The van der Waals surface area contributed by atoms with Gasteiger partial charge in [0.1, 0.15) is 5.82 Å². The first-order valence-corrected chi connectivity index (χ1v) is 6.57. The molecular weight excluding hydrogens is 241 g/mol. The van der Waals surface area contributed by atoms with Crippen molar-refractivity contribution in [2.24, 2.45) is 7.05 Å². The summed E-state index contributed by atoms with van der Waals surface area (Å²) < 4.78 is 16.0. The Kier molecular flexibility index (Phi) is 4.32. The third-order valence-corrected chi connectivity index (χ3v) is 3.25. The molecule has 0 aliphatic heterocycles. The molecule has 1 aromatic carbocycles. The van der Waals surface area contributed by atoms with Crippen LogP contribution >= 0.6 is 0 Å². The Balaban J connectivity index is 2.26. The summed E-state index contributed by atoms with van der Waals surface area (Å²) in [7, 11) is 1.89. The largest absolute Gasteiger partial charge is 0.310 e. The first-order chi connectivity index (χ1) is 9.11. The Hall–Kier alpha value is -1.68. The molecule has 102 valence electrons. The molecule has 0 radical (unpaired) electrons. The molecule has 0 bridgehead atoms. The van der Waals surface area contributed by atoms with Gasteiger partial charge in [0, 0.05) is 24.8 Å². The van der Waals surface area contributed by atoms with Crippen LogP contribution in [0.5, 0.6) is 0 Å². The van der Waals surface area contributed by atoms with E-state index in [0.29, 0.717) is 5.56 Å². The average molecular weight is 261 g/mol. The van der Waals surface area contributed by atoms with Crippen LogP contribution in [0.15, 0.2) is 30.6 Å². The van der Waals surface area contributed by atoms with E-state index in [1.54, 1.807) is 17.7 Å². The zero-order valence-electron chi connectivity index (χ0n) is 11.7. The zero-order chi connectivity index (χ0) is 13.8. The van der Waals surface area contributed by atoms with Crippen LogP contribution in [0.4, 0.5) is 4.39 Å². The van der Waals surface area contributed by atoms with Gasteiger partial charge in [-0.2, -0.15) is 5.10 Å². The molecule has 0 saturated carbocycles. The molecule has 1 aromatic heterocycles. The number of hydrogen-bond donors (Lipinski definition) is 1. The molecule has 0 spiro atoms. The molecule has 19 heavy (non-hydrogen) atoms. The highest BCUT2D eigenvalue weighted by Gasteiger charge is 2.17. The van der Waals surface area contributed by atoms with E-state index in [-0.39, 0.29) is 11.9 Å². The molecule has 2 rings (SSSR count). The van der Waals surface area contributed by atoms with Crippen LogP contribution in [0.2, 0.25) is 0 Å². The van der Waals surface area contributed by atoms with E-state index in [0.717, 1.165) is 24.1 Å². The SMILES string of the molecule is CCNC(Cc1cnn(C)c1)c1cccc(C)c1F. The summed E-state index contributed by atoms with van der Waals surface area (Å²) in [6, 6.07) is 5.54. The minimum Gasteiger partial charge on any atom is -0.310 e. The molecule has 4 heteroatoms. The summed E-state index contributed by atoms with van der Waals surface area (Å²) >= 11 is 0. The fourth-order valence-electron chi connectivity index (χ4n) is 2.29. The van der Waals surface area contributed by atoms with Gasteiger partial charge in [0.2, 0.25) is 0 Å². The van der Waals surface area contributed by atoms with Crippen LogP contribution in [0, 0.1) is 12.7 Å². The number of benzene rings is 1. The van der Waals surface area contributed by atoms with Crippen LogP contribution in [0.3, 0.4) is 0 Å². The number of likely N-dealkylation sites (N-methyl/N-ethyl adjacent to an activating group) is 1. The summed E-state index contributed by atoms with van der Waals surface area (Å²) in [5, 5.41) is 7.51. The van der Waals surface area contributed by atoms with Gasteiger partial charge < -0.3 is 5.32 Å². The lowest BCUT2D eigenvalue weighted by Gasteiger charge is -2.19. The molecule has 3 nitrogen and oxygen atoms in total. The maximum Gasteiger partial charge on any atom is 0.130 e. The average Bonchev–Trinajstić information content (AvgIpc) is 2.78. The second kappa shape index (κ2) is 5.97. The van der Waals surface area contributed by atoms with E-state index in [4.69, 9.17) is 0 Å². The van der Waals surface area contributed by atoms with Crippen molar-refractivity contribution in [2.45, 2.75) is 26.3 Å². The highest BCUT2D eigenvalue weighted by molar-refractivity contribution is 5.29. The monoisotopic (exact) mass is 261 g/mol. The molecule has 1 atom stereocenters. The Morgan fingerprint density at radius 1 is 1.42 bits per heavy atom. The lowest BCUT2D eigenvalue weighted by molar-refractivity contribution is 0.507. The van der Waals surface area contributed by atoms with Crippen LogP contribution in [0.1, 0.15) is 29.7 Å². The van der Waals surface area contributed by atoms with Gasteiger partial charge in [0.25, 0.3) is 0 Å². The highest BCUT2D eigenvalue weighted by Crippen LogP contribution is 2.23. The zero-order valence-corrected chi connectivity index (χ0v) is 11.7. The first-order valence-electron chi connectivity index (χ1n) is 6.57. The van der Waals surface area contributed by atoms with Crippen molar-refractivity contribution in [3.05, 3.63) is 53.1 Å². The Labute approximate surface area is 113 Å². The van der Waals surface area contributed by atoms with Gasteiger partial charge in [-0.15, -0.1) is 0 Å². The molecule has 2 aromatic rings. The number of rotatable bonds is 5. The lowest BCUT2D eigenvalue weighted by atomic mass is 9.98. The van der Waals surface area contributed by atoms with E-state index >= 15 is 0 Å². The number of nitrogens with one attached hydrogen (secondary N) is 1. The van der Waals surface area contributed by atoms with Crippen molar-refractivity contribution in [1.29, 1.82) is 0 Å². The van der Waals surface area contributed by atoms with Crippen molar-refractivity contribution in [3.8, 4) is 0 Å². The normalized spacial score (nSPS) is 12.6. The Morgan fingerprint density at radius 3 is 2.84 bits per heavy atom. The smallest absolute Gasteiger partial charge is 0.130 e. The number of aryl methyl sites for hydroxylation is 2. The molecule has 0 aliphatic rings. The summed E-state index contributed by atoms with van der Waals surface area (Å²) in [5.41, 5.74) is 2.52. The second-order valence-corrected chi connectivity index (χ2v) is 4.81. The number of aromatic nitrogens is 2. The van der Waals surface area contributed by atoms with Crippen molar-refractivity contribution in [2.75, 3.05) is 6.54 Å². The molecular formula is C15H20FN3. The van der Waals surface area contributed by atoms with Crippen molar-refractivity contribution >= 4 is 0 Å². The van der Waals surface area contributed by atoms with Gasteiger partial charge in [0.15, 0.2) is 0 Å². The van der Waals surface area contributed by atoms with E-state index < -0.39 is 0 Å². The van der Waals surface area contributed by atoms with Crippen LogP contribution in [0.25, 0.3) is 0 Å². The van der Waals surface area contributed by atoms with E-state index in [1.807, 2.05) is 38.5 Å². The summed E-state index contributed by atoms with van der Waals surface area (Å²) in [6.07, 6.45) is 4.54. The fraction of sp³-hybridized carbons (Fsp3) is 0.400. The lowest BCUT2D eigenvalue weighted by Crippen LogP contribution is -2.24. The van der Waals surface area contributed by atoms with Gasteiger partial charge in [-0.25, -0.2) is 4.39 Å². The van der Waals surface area contributed by atoms with Crippen molar-refractivity contribution in [1.82, 2.24) is 15.1 Å². The van der Waals surface area contributed by atoms with Crippen LogP contribution in [-0.2, 0) is 13.5 Å². The Morgan fingerprint density at radius 2 is 2.21 bits per heavy atom. The van der Waals surface area contributed by atoms with E-state index in [2.05, 4.69) is 10.4 Å². The molecule has 1 unspecified atom stereocenters. The maximum atomic E-state index is 14.2. The van der Waals surface area contributed by atoms with Crippen LogP contribution in [-0.4, -0.2) is 16.3 Å². The number of nitrogens with zero attached hydrogens (tertiary/aromatic N) is 2. The van der Waals surface area contributed by atoms with E-state index in [1.165, 1.54) is 0 Å². The third kappa shape index (κ3) is 3.20. The topological polar surface area (TPSA) is 29.9 Å².